The van der Waals surface area contributed by atoms with Gasteiger partial charge in [-0.1, -0.05) is 0 Å². The van der Waals surface area contributed by atoms with Crippen LogP contribution < -0.4 is 14.8 Å². The van der Waals surface area contributed by atoms with Crippen molar-refractivity contribution in [3.05, 3.63) is 46.7 Å². The number of ether oxygens (including phenoxy) is 2. The zero-order chi connectivity index (χ0) is 16.7. The molecule has 1 amide bonds. The molecular formula is C17H15N3O3S. The Hall–Kier alpha value is -2.80. The number of hydrogen-bond donors (Lipinski definition) is 1. The number of fused-ring (bicyclic) bond motifs is 2. The largest absolute Gasteiger partial charge is 0.454 e. The molecule has 7 heteroatoms. The van der Waals surface area contributed by atoms with Crippen LogP contribution in [0, 0.1) is 13.8 Å². The summed E-state index contributed by atoms with van der Waals surface area (Å²) < 4.78 is 12.6. The summed E-state index contributed by atoms with van der Waals surface area (Å²) in [5.41, 5.74) is 2.47. The smallest absolute Gasteiger partial charge is 0.248 e. The van der Waals surface area contributed by atoms with Crippen LogP contribution in [0.1, 0.15) is 16.3 Å². The minimum Gasteiger partial charge on any atom is -0.454 e. The number of aryl methyl sites for hydroxylation is 2. The third kappa shape index (κ3) is 2.63. The number of rotatable bonds is 3. The summed E-state index contributed by atoms with van der Waals surface area (Å²) in [6, 6.07) is 5.31. The number of amides is 1. The Labute approximate surface area is 142 Å². The van der Waals surface area contributed by atoms with Crippen LogP contribution in [0.2, 0.25) is 0 Å². The number of carbonyl (C=O) groups is 1. The van der Waals surface area contributed by atoms with Crippen molar-refractivity contribution in [3.8, 4) is 11.5 Å². The van der Waals surface area contributed by atoms with Crippen molar-refractivity contribution in [2.75, 3.05) is 12.1 Å². The van der Waals surface area contributed by atoms with Crippen LogP contribution in [0.25, 0.3) is 11.0 Å². The molecule has 1 N–H and O–H groups in total. The molecule has 0 bridgehead atoms. The Kier molecular flexibility index (Phi) is 3.50. The molecule has 6 nitrogen and oxygen atoms in total. The van der Waals surface area contributed by atoms with Gasteiger partial charge in [-0.25, -0.2) is 4.98 Å². The zero-order valence-corrected chi connectivity index (χ0v) is 14.0. The van der Waals surface area contributed by atoms with E-state index in [0.29, 0.717) is 17.2 Å². The highest BCUT2D eigenvalue weighted by Crippen LogP contribution is 2.34. The van der Waals surface area contributed by atoms with Crippen molar-refractivity contribution in [2.45, 2.75) is 13.8 Å². The number of carbonyl (C=O) groups excluding carboxylic acids is 1. The summed E-state index contributed by atoms with van der Waals surface area (Å²) in [7, 11) is 0. The van der Waals surface area contributed by atoms with Gasteiger partial charge in [0.2, 0.25) is 12.7 Å². The van der Waals surface area contributed by atoms with Gasteiger partial charge in [0.25, 0.3) is 0 Å². The van der Waals surface area contributed by atoms with E-state index in [4.69, 9.17) is 9.47 Å². The van der Waals surface area contributed by atoms with Gasteiger partial charge >= 0.3 is 0 Å². The summed E-state index contributed by atoms with van der Waals surface area (Å²) in [5.74, 6) is 1.11. The van der Waals surface area contributed by atoms with Crippen molar-refractivity contribution >= 4 is 34.0 Å². The van der Waals surface area contributed by atoms with E-state index in [1.54, 1.807) is 35.6 Å². The molecule has 0 saturated carbocycles. The number of benzene rings is 1. The molecule has 0 radical (unpaired) electrons. The van der Waals surface area contributed by atoms with Crippen molar-refractivity contribution < 1.29 is 14.3 Å². The van der Waals surface area contributed by atoms with Crippen LogP contribution in [0.4, 0.5) is 5.69 Å². The molecule has 2 aromatic heterocycles. The molecule has 0 spiro atoms. The first kappa shape index (κ1) is 14.8. The third-order valence-electron chi connectivity index (χ3n) is 3.70. The molecule has 122 valence electrons. The second-order valence-electron chi connectivity index (χ2n) is 5.47. The number of hydrogen-bond acceptors (Lipinski definition) is 5. The van der Waals surface area contributed by atoms with Crippen molar-refractivity contribution in [3.63, 3.8) is 0 Å². The highest BCUT2D eigenvalue weighted by atomic mass is 32.1. The number of anilines is 1. The first-order valence-corrected chi connectivity index (χ1v) is 8.25. The predicted octanol–water partition coefficient (Wildman–Crippen LogP) is 3.39. The summed E-state index contributed by atoms with van der Waals surface area (Å²) in [5, 5.41) is 2.82. The predicted molar refractivity (Wildman–Crippen MR) is 92.8 cm³/mol. The maximum Gasteiger partial charge on any atom is 0.248 e. The minimum atomic E-state index is -0.213. The number of nitrogens with zero attached hydrogens (tertiary/aromatic N) is 2. The van der Waals surface area contributed by atoms with Gasteiger partial charge in [0, 0.05) is 28.9 Å². The monoisotopic (exact) mass is 341 g/mol. The second-order valence-corrected chi connectivity index (χ2v) is 6.68. The second kappa shape index (κ2) is 5.68. The topological polar surface area (TPSA) is 64.9 Å². The van der Waals surface area contributed by atoms with Gasteiger partial charge < -0.3 is 14.8 Å². The lowest BCUT2D eigenvalue weighted by molar-refractivity contribution is -0.111. The molecular weight excluding hydrogens is 326 g/mol. The van der Waals surface area contributed by atoms with E-state index in [-0.39, 0.29) is 12.7 Å². The molecule has 0 atom stereocenters. The van der Waals surface area contributed by atoms with E-state index in [9.17, 15) is 4.79 Å². The average Bonchev–Trinajstić information content (AvgIpc) is 3.19. The van der Waals surface area contributed by atoms with E-state index in [1.165, 1.54) is 11.0 Å². The fourth-order valence-electron chi connectivity index (χ4n) is 2.59. The molecule has 1 aromatic carbocycles. The molecule has 0 saturated heterocycles. The molecule has 4 rings (SSSR count). The minimum absolute atomic E-state index is 0.211. The van der Waals surface area contributed by atoms with Gasteiger partial charge in [0.15, 0.2) is 16.5 Å². The van der Waals surface area contributed by atoms with Gasteiger partial charge in [-0.2, -0.15) is 0 Å². The molecule has 1 aliphatic rings. The van der Waals surface area contributed by atoms with Crippen LogP contribution >= 0.6 is 11.3 Å². The average molecular weight is 341 g/mol. The van der Waals surface area contributed by atoms with Gasteiger partial charge in [0.1, 0.15) is 0 Å². The zero-order valence-electron chi connectivity index (χ0n) is 13.2. The molecule has 1 aliphatic heterocycles. The third-order valence-corrected chi connectivity index (χ3v) is 4.59. The highest BCUT2D eigenvalue weighted by Gasteiger charge is 2.14. The molecule has 3 heterocycles. The van der Waals surface area contributed by atoms with E-state index in [2.05, 4.69) is 10.3 Å². The van der Waals surface area contributed by atoms with Crippen molar-refractivity contribution in [1.82, 2.24) is 9.38 Å². The number of nitrogens with one attached hydrogen (secondary N) is 1. The standard InChI is InChI=1S/C17H15N3O3S/c1-10-8-20-13(11(2)18-17(20)24-10)4-6-16(21)19-12-3-5-14-15(7-12)23-9-22-14/h3-8H,9H2,1-2H3,(H,19,21). The Balaban J connectivity index is 1.52. The van der Waals surface area contributed by atoms with Crippen LogP contribution in [0.3, 0.4) is 0 Å². The van der Waals surface area contributed by atoms with E-state index >= 15 is 0 Å². The maximum atomic E-state index is 12.2. The van der Waals surface area contributed by atoms with E-state index in [1.807, 2.05) is 24.4 Å². The van der Waals surface area contributed by atoms with E-state index in [0.717, 1.165) is 16.3 Å². The molecule has 0 unspecified atom stereocenters. The van der Waals surface area contributed by atoms with Gasteiger partial charge in [-0.3, -0.25) is 9.20 Å². The lowest BCUT2D eigenvalue weighted by Crippen LogP contribution is -2.07. The fraction of sp³-hybridized carbons (Fsp3) is 0.176. The van der Waals surface area contributed by atoms with Crippen LogP contribution in [-0.2, 0) is 4.79 Å². The number of imidazole rings is 1. The number of thiazole rings is 1. The first-order valence-electron chi connectivity index (χ1n) is 7.44. The Morgan fingerprint density at radius 1 is 1.33 bits per heavy atom. The Morgan fingerprint density at radius 2 is 2.17 bits per heavy atom. The lowest BCUT2D eigenvalue weighted by atomic mass is 10.2. The highest BCUT2D eigenvalue weighted by molar-refractivity contribution is 7.17. The van der Waals surface area contributed by atoms with Crippen LogP contribution in [-0.4, -0.2) is 22.1 Å². The Bertz CT molecular complexity index is 971. The first-order chi connectivity index (χ1) is 11.6. The fourth-order valence-corrected chi connectivity index (χ4v) is 3.47. The van der Waals surface area contributed by atoms with Gasteiger partial charge in [0.05, 0.1) is 11.4 Å². The summed E-state index contributed by atoms with van der Waals surface area (Å²) in [6.45, 7) is 4.18. The lowest BCUT2D eigenvalue weighted by Gasteiger charge is -2.03. The van der Waals surface area contributed by atoms with E-state index < -0.39 is 0 Å². The molecule has 0 aliphatic carbocycles. The van der Waals surface area contributed by atoms with Crippen LogP contribution in [0.15, 0.2) is 30.5 Å². The van der Waals surface area contributed by atoms with Crippen LogP contribution in [0.5, 0.6) is 11.5 Å². The number of aromatic nitrogens is 2. The molecule has 3 aromatic rings. The summed E-state index contributed by atoms with van der Waals surface area (Å²) in [4.78, 5) is 18.8. The van der Waals surface area contributed by atoms with Gasteiger partial charge in [-0.05, 0) is 32.1 Å². The maximum absolute atomic E-state index is 12.2. The quantitative estimate of drug-likeness (QED) is 0.742. The molecule has 0 fully saturated rings. The normalized spacial score (nSPS) is 13.1. The van der Waals surface area contributed by atoms with Crippen molar-refractivity contribution in [1.29, 1.82) is 0 Å². The summed E-state index contributed by atoms with van der Waals surface area (Å²) in [6.07, 6.45) is 5.31. The van der Waals surface area contributed by atoms with Gasteiger partial charge in [-0.15, -0.1) is 11.3 Å². The Morgan fingerprint density at radius 3 is 3.04 bits per heavy atom. The SMILES string of the molecule is Cc1cn2c(C=CC(=O)Nc3ccc4c(c3)OCO4)c(C)nc2s1. The molecule has 24 heavy (non-hydrogen) atoms. The summed E-state index contributed by atoms with van der Waals surface area (Å²) >= 11 is 1.63. The van der Waals surface area contributed by atoms with Crippen molar-refractivity contribution in [2.24, 2.45) is 0 Å².